The zero-order valence-electron chi connectivity index (χ0n) is 12.7. The minimum atomic E-state index is 0.436. The van der Waals surface area contributed by atoms with E-state index in [4.69, 9.17) is 25.8 Å². The van der Waals surface area contributed by atoms with Gasteiger partial charge in [-0.3, -0.25) is 0 Å². The number of rotatable bonds is 11. The molecular formula is C16H24ClNO3. The van der Waals surface area contributed by atoms with E-state index in [-0.39, 0.29) is 0 Å². The minimum Gasteiger partial charge on any atom is -0.493 e. The molecule has 0 aliphatic heterocycles. The Labute approximate surface area is 132 Å². The van der Waals surface area contributed by atoms with E-state index in [1.807, 2.05) is 18.2 Å². The van der Waals surface area contributed by atoms with Crippen LogP contribution in [0.25, 0.3) is 0 Å². The summed E-state index contributed by atoms with van der Waals surface area (Å²) in [6.07, 6.45) is 2.73. The molecule has 0 aliphatic rings. The summed E-state index contributed by atoms with van der Waals surface area (Å²) in [5.74, 6) is 1.63. The minimum absolute atomic E-state index is 0.436. The Bertz CT molecular complexity index is 424. The van der Waals surface area contributed by atoms with Crippen molar-refractivity contribution in [1.82, 2.24) is 5.32 Å². The van der Waals surface area contributed by atoms with Gasteiger partial charge in [0.05, 0.1) is 13.2 Å². The van der Waals surface area contributed by atoms with E-state index in [0.717, 1.165) is 36.6 Å². The quantitative estimate of drug-likeness (QED) is 0.636. The van der Waals surface area contributed by atoms with Crippen LogP contribution in [0.1, 0.15) is 18.9 Å². The normalized spacial score (nSPS) is 11.0. The highest BCUT2D eigenvalue weighted by Gasteiger charge is 2.06. The van der Waals surface area contributed by atoms with Gasteiger partial charge in [0.25, 0.3) is 0 Å². The molecular weight excluding hydrogens is 290 g/mol. The van der Waals surface area contributed by atoms with Crippen molar-refractivity contribution < 1.29 is 14.2 Å². The predicted molar refractivity (Wildman–Crippen MR) is 86.3 cm³/mol. The lowest BCUT2D eigenvalue weighted by molar-refractivity contribution is 0.199. The summed E-state index contributed by atoms with van der Waals surface area (Å²) in [5, 5.41) is 3.31. The van der Waals surface area contributed by atoms with Crippen LogP contribution < -0.4 is 14.8 Å². The van der Waals surface area contributed by atoms with Gasteiger partial charge >= 0.3 is 0 Å². The van der Waals surface area contributed by atoms with Gasteiger partial charge in [0.1, 0.15) is 18.1 Å². The lowest BCUT2D eigenvalue weighted by Gasteiger charge is -2.13. The number of benzene rings is 1. The molecule has 1 N–H and O–H groups in total. The molecule has 0 saturated carbocycles. The zero-order valence-corrected chi connectivity index (χ0v) is 13.5. The molecule has 0 bridgehead atoms. The summed E-state index contributed by atoms with van der Waals surface area (Å²) in [5.41, 5.74) is 2.53. The molecule has 118 valence electrons. The van der Waals surface area contributed by atoms with Crippen LogP contribution in [0, 0.1) is 0 Å². The van der Waals surface area contributed by atoms with Gasteiger partial charge < -0.3 is 19.5 Å². The molecule has 4 nitrogen and oxygen atoms in total. The van der Waals surface area contributed by atoms with Crippen molar-refractivity contribution in [2.75, 3.05) is 33.5 Å². The Kier molecular flexibility index (Phi) is 9.70. The maximum absolute atomic E-state index is 5.73. The van der Waals surface area contributed by atoms with Crippen molar-refractivity contribution in [2.24, 2.45) is 0 Å². The van der Waals surface area contributed by atoms with Gasteiger partial charge in [0.15, 0.2) is 0 Å². The molecule has 1 aromatic carbocycles. The Hall–Kier alpha value is -1.23. The molecule has 21 heavy (non-hydrogen) atoms. The summed E-state index contributed by atoms with van der Waals surface area (Å²) in [6, 6.07) is 5.91. The average Bonchev–Trinajstić information content (AvgIpc) is 2.51. The van der Waals surface area contributed by atoms with Crippen molar-refractivity contribution in [2.45, 2.75) is 19.9 Å². The fourth-order valence-electron chi connectivity index (χ4n) is 1.70. The van der Waals surface area contributed by atoms with E-state index in [0.29, 0.717) is 19.8 Å². The predicted octanol–water partition coefficient (Wildman–Crippen LogP) is 3.34. The van der Waals surface area contributed by atoms with Crippen molar-refractivity contribution >= 4 is 11.6 Å². The summed E-state index contributed by atoms with van der Waals surface area (Å²) < 4.78 is 16.4. The van der Waals surface area contributed by atoms with Crippen LogP contribution in [-0.2, 0) is 11.3 Å². The van der Waals surface area contributed by atoms with E-state index in [1.54, 1.807) is 13.2 Å². The van der Waals surface area contributed by atoms with Gasteiger partial charge in [-0.05, 0) is 18.6 Å². The summed E-state index contributed by atoms with van der Waals surface area (Å²) >= 11 is 5.51. The number of hydrogen-bond acceptors (Lipinski definition) is 4. The van der Waals surface area contributed by atoms with Crippen LogP contribution in [0.2, 0.25) is 0 Å². The van der Waals surface area contributed by atoms with Gasteiger partial charge in [0.2, 0.25) is 0 Å². The van der Waals surface area contributed by atoms with Gasteiger partial charge in [0, 0.05) is 37.4 Å². The zero-order chi connectivity index (χ0) is 15.3. The largest absolute Gasteiger partial charge is 0.493 e. The summed E-state index contributed by atoms with van der Waals surface area (Å²) in [7, 11) is 1.69. The van der Waals surface area contributed by atoms with E-state index in [1.165, 1.54) is 5.54 Å². The van der Waals surface area contributed by atoms with Gasteiger partial charge in [-0.2, -0.15) is 0 Å². The highest BCUT2D eigenvalue weighted by molar-refractivity contribution is 6.25. The Balaban J connectivity index is 2.68. The van der Waals surface area contributed by atoms with Crippen molar-refractivity contribution in [3.8, 4) is 11.5 Å². The molecule has 0 saturated heterocycles. The lowest BCUT2D eigenvalue weighted by atomic mass is 10.2. The molecule has 0 aromatic heterocycles. The number of halogens is 1. The molecule has 0 radical (unpaired) electrons. The summed E-state index contributed by atoms with van der Waals surface area (Å²) in [4.78, 5) is 0. The molecule has 1 rings (SSSR count). The van der Waals surface area contributed by atoms with Gasteiger partial charge in [-0.1, -0.05) is 24.6 Å². The van der Waals surface area contributed by atoms with Gasteiger partial charge in [-0.25, -0.2) is 0 Å². The lowest BCUT2D eigenvalue weighted by Crippen LogP contribution is -2.19. The fourth-order valence-corrected chi connectivity index (χ4v) is 1.77. The van der Waals surface area contributed by atoms with Crippen molar-refractivity contribution in [3.05, 3.63) is 35.4 Å². The van der Waals surface area contributed by atoms with E-state index >= 15 is 0 Å². The van der Waals surface area contributed by atoms with Crippen LogP contribution >= 0.6 is 11.6 Å². The molecule has 0 heterocycles. The second kappa shape index (κ2) is 11.4. The first kappa shape index (κ1) is 17.8. The van der Waals surface area contributed by atoms with Crippen molar-refractivity contribution in [1.29, 1.82) is 0 Å². The highest BCUT2D eigenvalue weighted by Crippen LogP contribution is 2.25. The van der Waals surface area contributed by atoms with Gasteiger partial charge in [-0.15, -0.1) is 0 Å². The summed E-state index contributed by atoms with van der Waals surface area (Å²) in [6.45, 7) is 5.42. The molecule has 0 atom stereocenters. The average molecular weight is 314 g/mol. The van der Waals surface area contributed by atoms with Crippen LogP contribution in [0.4, 0.5) is 0 Å². The Morgan fingerprint density at radius 3 is 2.81 bits per heavy atom. The number of hydrogen-bond donors (Lipinski definition) is 1. The number of nitrogens with one attached hydrogen (secondary N) is 1. The van der Waals surface area contributed by atoms with Crippen LogP contribution in [0.15, 0.2) is 29.8 Å². The molecule has 0 fully saturated rings. The van der Waals surface area contributed by atoms with Crippen LogP contribution in [0.3, 0.4) is 0 Å². The maximum atomic E-state index is 5.73. The van der Waals surface area contributed by atoms with Crippen LogP contribution in [-0.4, -0.2) is 33.5 Å². The Morgan fingerprint density at radius 1 is 1.24 bits per heavy atom. The molecule has 1 aromatic rings. The third-order valence-electron chi connectivity index (χ3n) is 2.73. The second-order valence-corrected chi connectivity index (χ2v) is 4.71. The monoisotopic (exact) mass is 313 g/mol. The fraction of sp³-hybridized carbons (Fsp3) is 0.500. The first-order valence-corrected chi connectivity index (χ1v) is 7.58. The highest BCUT2D eigenvalue weighted by atomic mass is 35.5. The molecule has 5 heteroatoms. The Morgan fingerprint density at radius 2 is 2.10 bits per heavy atom. The first-order valence-electron chi connectivity index (χ1n) is 7.15. The third kappa shape index (κ3) is 7.37. The standard InChI is InChI=1S/C16H24ClNO3/c1-3-9-20-15-6-5-14(13-18-8-11-19-2)16(12-15)21-10-4-7-17/h4-7,12,18H,3,8-11,13H2,1-2H3. The SMILES string of the molecule is CCCOc1ccc(CNCCOC)c(OCC=CCl)c1. The second-order valence-electron chi connectivity index (χ2n) is 4.46. The maximum Gasteiger partial charge on any atom is 0.127 e. The third-order valence-corrected chi connectivity index (χ3v) is 2.91. The number of methoxy groups -OCH3 is 1. The van der Waals surface area contributed by atoms with E-state index in [9.17, 15) is 0 Å². The number of ether oxygens (including phenoxy) is 3. The topological polar surface area (TPSA) is 39.7 Å². The first-order chi connectivity index (χ1) is 10.3. The van der Waals surface area contributed by atoms with Crippen LogP contribution in [0.5, 0.6) is 11.5 Å². The molecule has 0 aliphatic carbocycles. The molecule has 0 amide bonds. The molecule has 0 spiro atoms. The van der Waals surface area contributed by atoms with E-state index in [2.05, 4.69) is 12.2 Å². The van der Waals surface area contributed by atoms with Crippen molar-refractivity contribution in [3.63, 3.8) is 0 Å². The smallest absolute Gasteiger partial charge is 0.127 e. The van der Waals surface area contributed by atoms with E-state index < -0.39 is 0 Å². The molecule has 0 unspecified atom stereocenters.